The van der Waals surface area contributed by atoms with Crippen LogP contribution in [0.2, 0.25) is 0 Å². The SMILES string of the molecule is Cc1ccc(SCC(=O)N2CCN(c3nc4c(C(C)C)cccc4s3)CC2)cc1. The molecule has 1 aliphatic rings. The van der Waals surface area contributed by atoms with E-state index in [1.807, 2.05) is 4.90 Å². The Morgan fingerprint density at radius 1 is 1.10 bits per heavy atom. The average Bonchev–Trinajstić information content (AvgIpc) is 3.17. The van der Waals surface area contributed by atoms with E-state index in [9.17, 15) is 4.79 Å². The maximum Gasteiger partial charge on any atom is 0.233 e. The van der Waals surface area contributed by atoms with Crippen LogP contribution in [0.25, 0.3) is 10.2 Å². The summed E-state index contributed by atoms with van der Waals surface area (Å²) in [4.78, 5) is 23.0. The fourth-order valence-electron chi connectivity index (χ4n) is 3.58. The first kappa shape index (κ1) is 20.2. The van der Waals surface area contributed by atoms with E-state index < -0.39 is 0 Å². The van der Waals surface area contributed by atoms with Gasteiger partial charge < -0.3 is 9.80 Å². The molecule has 0 N–H and O–H groups in total. The molecule has 2 aromatic carbocycles. The van der Waals surface area contributed by atoms with Gasteiger partial charge in [0.1, 0.15) is 0 Å². The number of hydrogen-bond donors (Lipinski definition) is 0. The molecule has 3 aromatic rings. The quantitative estimate of drug-likeness (QED) is 0.529. The monoisotopic (exact) mass is 425 g/mol. The Morgan fingerprint density at radius 2 is 1.83 bits per heavy atom. The van der Waals surface area contributed by atoms with Gasteiger partial charge in [-0.15, -0.1) is 11.8 Å². The third kappa shape index (κ3) is 4.59. The Morgan fingerprint density at radius 3 is 2.52 bits per heavy atom. The van der Waals surface area contributed by atoms with E-state index in [1.165, 1.54) is 15.8 Å². The van der Waals surface area contributed by atoms with E-state index in [2.05, 4.69) is 68.1 Å². The van der Waals surface area contributed by atoms with Gasteiger partial charge in [0.2, 0.25) is 5.91 Å². The summed E-state index contributed by atoms with van der Waals surface area (Å²) < 4.78 is 1.25. The van der Waals surface area contributed by atoms with Gasteiger partial charge in [0, 0.05) is 31.1 Å². The van der Waals surface area contributed by atoms with Crippen molar-refractivity contribution >= 4 is 44.4 Å². The molecule has 29 heavy (non-hydrogen) atoms. The van der Waals surface area contributed by atoms with E-state index in [0.29, 0.717) is 11.7 Å². The fraction of sp³-hybridized carbons (Fsp3) is 0.391. The highest BCUT2D eigenvalue weighted by Crippen LogP contribution is 2.33. The zero-order valence-corrected chi connectivity index (χ0v) is 18.9. The Kier molecular flexibility index (Phi) is 6.11. The average molecular weight is 426 g/mol. The highest BCUT2D eigenvalue weighted by atomic mass is 32.2. The maximum absolute atomic E-state index is 12.6. The van der Waals surface area contributed by atoms with Crippen LogP contribution in [0.3, 0.4) is 0 Å². The van der Waals surface area contributed by atoms with Crippen LogP contribution in [-0.2, 0) is 4.79 Å². The molecule has 0 unspecified atom stereocenters. The van der Waals surface area contributed by atoms with Crippen LogP contribution in [0, 0.1) is 6.92 Å². The van der Waals surface area contributed by atoms with Crippen molar-refractivity contribution in [1.29, 1.82) is 0 Å². The topological polar surface area (TPSA) is 36.4 Å². The van der Waals surface area contributed by atoms with Crippen molar-refractivity contribution < 1.29 is 4.79 Å². The van der Waals surface area contributed by atoms with Gasteiger partial charge in [0.15, 0.2) is 5.13 Å². The third-order valence-electron chi connectivity index (χ3n) is 5.35. The summed E-state index contributed by atoms with van der Waals surface area (Å²) in [7, 11) is 0. The van der Waals surface area contributed by atoms with Crippen LogP contribution in [0.15, 0.2) is 47.4 Å². The summed E-state index contributed by atoms with van der Waals surface area (Å²) >= 11 is 3.38. The summed E-state index contributed by atoms with van der Waals surface area (Å²) in [6, 6.07) is 14.8. The van der Waals surface area contributed by atoms with Crippen molar-refractivity contribution in [2.24, 2.45) is 0 Å². The number of para-hydroxylation sites is 1. The number of nitrogens with zero attached hydrogens (tertiary/aromatic N) is 3. The summed E-state index contributed by atoms with van der Waals surface area (Å²) in [5, 5.41) is 1.08. The second-order valence-electron chi connectivity index (χ2n) is 7.81. The number of benzene rings is 2. The number of thiazole rings is 1. The lowest BCUT2D eigenvalue weighted by Crippen LogP contribution is -2.49. The smallest absolute Gasteiger partial charge is 0.233 e. The number of aryl methyl sites for hydroxylation is 1. The molecule has 0 atom stereocenters. The van der Waals surface area contributed by atoms with E-state index in [4.69, 9.17) is 4.98 Å². The zero-order valence-electron chi connectivity index (χ0n) is 17.2. The Bertz CT molecular complexity index is 989. The molecule has 1 aromatic heterocycles. The van der Waals surface area contributed by atoms with Crippen LogP contribution in [0.1, 0.15) is 30.9 Å². The molecule has 1 amide bonds. The van der Waals surface area contributed by atoms with Gasteiger partial charge in [-0.3, -0.25) is 4.79 Å². The minimum absolute atomic E-state index is 0.224. The molecule has 0 aliphatic carbocycles. The van der Waals surface area contributed by atoms with Crippen molar-refractivity contribution in [1.82, 2.24) is 9.88 Å². The standard InChI is InChI=1S/C23H27N3OS2/c1-16(2)19-5-4-6-20-22(19)24-23(29-20)26-13-11-25(12-14-26)21(27)15-28-18-9-7-17(3)8-10-18/h4-10,16H,11-15H2,1-3H3. The van der Waals surface area contributed by atoms with Gasteiger partial charge in [-0.05, 0) is 36.6 Å². The molecular formula is C23H27N3OS2. The maximum atomic E-state index is 12.6. The second kappa shape index (κ2) is 8.76. The lowest BCUT2D eigenvalue weighted by molar-refractivity contribution is -0.128. The zero-order chi connectivity index (χ0) is 20.4. The van der Waals surface area contributed by atoms with Crippen LogP contribution < -0.4 is 4.90 Å². The Balaban J connectivity index is 1.35. The van der Waals surface area contributed by atoms with Crippen molar-refractivity contribution in [3.05, 3.63) is 53.6 Å². The molecular weight excluding hydrogens is 398 g/mol. The van der Waals surface area contributed by atoms with Gasteiger partial charge in [-0.1, -0.05) is 55.0 Å². The summed E-state index contributed by atoms with van der Waals surface area (Å²) in [6.45, 7) is 9.73. The molecule has 0 radical (unpaired) electrons. The number of carbonyl (C=O) groups excluding carboxylic acids is 1. The first-order chi connectivity index (χ1) is 14.0. The summed E-state index contributed by atoms with van der Waals surface area (Å²) in [6.07, 6.45) is 0. The van der Waals surface area contributed by atoms with Crippen LogP contribution in [-0.4, -0.2) is 47.7 Å². The Hall–Kier alpha value is -2.05. The first-order valence-corrected chi connectivity index (χ1v) is 11.9. The van der Waals surface area contributed by atoms with Crippen molar-refractivity contribution in [2.45, 2.75) is 31.6 Å². The predicted octanol–water partition coefficient (Wildman–Crippen LogP) is 5.17. The minimum atomic E-state index is 0.224. The molecule has 1 aliphatic heterocycles. The Labute approximate surface area is 180 Å². The fourth-order valence-corrected chi connectivity index (χ4v) is 5.43. The molecule has 4 nitrogen and oxygen atoms in total. The van der Waals surface area contributed by atoms with Crippen molar-refractivity contribution in [3.8, 4) is 0 Å². The second-order valence-corrected chi connectivity index (χ2v) is 9.87. The first-order valence-electron chi connectivity index (χ1n) is 10.1. The van der Waals surface area contributed by atoms with Crippen molar-refractivity contribution in [2.75, 3.05) is 36.8 Å². The predicted molar refractivity (Wildman–Crippen MR) is 124 cm³/mol. The summed E-state index contributed by atoms with van der Waals surface area (Å²) in [5.74, 6) is 1.19. The molecule has 0 bridgehead atoms. The van der Waals surface area contributed by atoms with E-state index in [0.717, 1.165) is 41.7 Å². The number of anilines is 1. The molecule has 4 rings (SSSR count). The van der Waals surface area contributed by atoms with Gasteiger partial charge in [-0.25, -0.2) is 4.98 Å². The van der Waals surface area contributed by atoms with Gasteiger partial charge in [0.25, 0.3) is 0 Å². The van der Waals surface area contributed by atoms with Crippen molar-refractivity contribution in [3.63, 3.8) is 0 Å². The number of fused-ring (bicyclic) bond motifs is 1. The number of rotatable bonds is 5. The third-order valence-corrected chi connectivity index (χ3v) is 7.43. The van der Waals surface area contributed by atoms with Crippen LogP contribution >= 0.6 is 23.1 Å². The van der Waals surface area contributed by atoms with Crippen LogP contribution in [0.4, 0.5) is 5.13 Å². The molecule has 0 saturated carbocycles. The van der Waals surface area contributed by atoms with Gasteiger partial charge in [-0.2, -0.15) is 0 Å². The van der Waals surface area contributed by atoms with E-state index >= 15 is 0 Å². The largest absolute Gasteiger partial charge is 0.345 e. The lowest BCUT2D eigenvalue weighted by Gasteiger charge is -2.34. The van der Waals surface area contributed by atoms with E-state index in [-0.39, 0.29) is 5.91 Å². The number of thioether (sulfide) groups is 1. The molecule has 1 fully saturated rings. The molecule has 0 spiro atoms. The summed E-state index contributed by atoms with van der Waals surface area (Å²) in [5.41, 5.74) is 3.69. The molecule has 1 saturated heterocycles. The van der Waals surface area contributed by atoms with Gasteiger partial charge >= 0.3 is 0 Å². The minimum Gasteiger partial charge on any atom is -0.345 e. The number of aromatic nitrogens is 1. The number of piperazine rings is 1. The highest BCUT2D eigenvalue weighted by molar-refractivity contribution is 8.00. The molecule has 152 valence electrons. The van der Waals surface area contributed by atoms with Crippen LogP contribution in [0.5, 0.6) is 0 Å². The normalized spacial score (nSPS) is 14.8. The molecule has 2 heterocycles. The number of amides is 1. The highest BCUT2D eigenvalue weighted by Gasteiger charge is 2.23. The lowest BCUT2D eigenvalue weighted by atomic mass is 10.0. The number of carbonyl (C=O) groups is 1. The van der Waals surface area contributed by atoms with Gasteiger partial charge in [0.05, 0.1) is 16.0 Å². The molecule has 6 heteroatoms. The number of hydrogen-bond acceptors (Lipinski definition) is 5. The van der Waals surface area contributed by atoms with E-state index in [1.54, 1.807) is 23.1 Å².